The number of likely N-dealkylation sites (tertiary alicyclic amines) is 1. The van der Waals surface area contributed by atoms with Crippen LogP contribution in [0.25, 0.3) is 0 Å². The molecule has 0 aliphatic carbocycles. The summed E-state index contributed by atoms with van der Waals surface area (Å²) in [4.78, 5) is 14.8. The van der Waals surface area contributed by atoms with Crippen molar-refractivity contribution in [2.45, 2.75) is 39.5 Å². The van der Waals surface area contributed by atoms with Crippen molar-refractivity contribution in [1.29, 1.82) is 0 Å². The lowest BCUT2D eigenvalue weighted by molar-refractivity contribution is 0.0719. The van der Waals surface area contributed by atoms with Crippen LogP contribution >= 0.6 is 11.3 Å². The third-order valence-corrected chi connectivity index (χ3v) is 6.68. The lowest BCUT2D eigenvalue weighted by Gasteiger charge is -2.36. The first kappa shape index (κ1) is 16.4. The van der Waals surface area contributed by atoms with Gasteiger partial charge in [0.15, 0.2) is 11.9 Å². The number of nitrogens with zero attached hydrogens (tertiary/aromatic N) is 4. The quantitative estimate of drug-likeness (QED) is 0.838. The van der Waals surface area contributed by atoms with Crippen LogP contribution in [0.5, 0.6) is 0 Å². The zero-order valence-corrected chi connectivity index (χ0v) is 15.8. The zero-order chi connectivity index (χ0) is 16.7. The Balaban J connectivity index is 1.32. The van der Waals surface area contributed by atoms with Gasteiger partial charge in [-0.2, -0.15) is 0 Å². The molecular formula is C18H28N4OS. The second-order valence-corrected chi connectivity index (χ2v) is 8.54. The van der Waals surface area contributed by atoms with Gasteiger partial charge in [-0.3, -0.25) is 9.80 Å². The molecule has 2 saturated heterocycles. The van der Waals surface area contributed by atoms with Crippen molar-refractivity contribution in [3.63, 3.8) is 0 Å². The number of oxime groups is 1. The maximum absolute atomic E-state index is 5.74. The van der Waals surface area contributed by atoms with E-state index < -0.39 is 0 Å². The van der Waals surface area contributed by atoms with Gasteiger partial charge in [-0.25, -0.2) is 0 Å². The molecule has 132 valence electrons. The molecule has 3 aliphatic heterocycles. The number of thiophene rings is 1. The summed E-state index contributed by atoms with van der Waals surface area (Å²) in [5.41, 5.74) is 1.43. The fraction of sp³-hybridized carbons (Fsp3) is 0.722. The molecule has 4 heterocycles. The van der Waals surface area contributed by atoms with Gasteiger partial charge in [-0.1, -0.05) is 5.16 Å². The lowest BCUT2D eigenvalue weighted by Crippen LogP contribution is -2.50. The number of amidine groups is 1. The molecule has 0 spiro atoms. The fourth-order valence-electron chi connectivity index (χ4n) is 3.97. The second-order valence-electron chi connectivity index (χ2n) is 7.54. The Bertz CT molecular complexity index is 606. The van der Waals surface area contributed by atoms with Crippen LogP contribution in [0.3, 0.4) is 0 Å². The van der Waals surface area contributed by atoms with Crippen LogP contribution in [-0.2, 0) is 11.4 Å². The van der Waals surface area contributed by atoms with Crippen LogP contribution < -0.4 is 0 Å². The molecule has 2 fully saturated rings. The summed E-state index contributed by atoms with van der Waals surface area (Å²) < 4.78 is 0. The van der Waals surface area contributed by atoms with Crippen LogP contribution in [0, 0.1) is 12.8 Å². The molecule has 24 heavy (non-hydrogen) atoms. The van der Waals surface area contributed by atoms with Gasteiger partial charge in [0, 0.05) is 56.7 Å². The zero-order valence-electron chi connectivity index (χ0n) is 14.9. The minimum Gasteiger partial charge on any atom is -0.389 e. The standard InChI is InChI=1S/C18H28N4OS/c1-13(2)22-10-15-16(11-22)23-19-18(15)21-7-5-20(6-8-21)12-17-14(3)4-9-24-17/h4,9,13,15-16H,5-8,10-12H2,1-3H3/t15-,16-/m1/s1. The molecule has 0 aromatic carbocycles. The number of hydrogen-bond acceptors (Lipinski definition) is 6. The molecule has 0 amide bonds. The highest BCUT2D eigenvalue weighted by Gasteiger charge is 2.45. The Kier molecular flexibility index (Phi) is 4.54. The molecule has 0 saturated carbocycles. The van der Waals surface area contributed by atoms with Crippen LogP contribution in [-0.4, -0.2) is 71.9 Å². The van der Waals surface area contributed by atoms with Gasteiger partial charge < -0.3 is 9.74 Å². The highest BCUT2D eigenvalue weighted by atomic mass is 32.1. The van der Waals surface area contributed by atoms with Crippen LogP contribution in [0.4, 0.5) is 0 Å². The first-order valence-corrected chi connectivity index (χ1v) is 9.98. The maximum Gasteiger partial charge on any atom is 0.152 e. The molecule has 0 bridgehead atoms. The van der Waals surface area contributed by atoms with Crippen molar-refractivity contribution in [2.75, 3.05) is 39.3 Å². The van der Waals surface area contributed by atoms with E-state index in [2.05, 4.69) is 52.1 Å². The van der Waals surface area contributed by atoms with Gasteiger partial charge in [-0.15, -0.1) is 11.3 Å². The minimum atomic E-state index is 0.272. The van der Waals surface area contributed by atoms with E-state index >= 15 is 0 Å². The monoisotopic (exact) mass is 348 g/mol. The van der Waals surface area contributed by atoms with Crippen LogP contribution in [0.15, 0.2) is 16.6 Å². The van der Waals surface area contributed by atoms with E-state index in [0.717, 1.165) is 45.8 Å². The topological polar surface area (TPSA) is 31.3 Å². The van der Waals surface area contributed by atoms with Gasteiger partial charge in [0.25, 0.3) is 0 Å². The number of aryl methyl sites for hydroxylation is 1. The van der Waals surface area contributed by atoms with E-state index in [4.69, 9.17) is 4.84 Å². The maximum atomic E-state index is 5.74. The molecule has 6 heteroatoms. The Morgan fingerprint density at radius 3 is 2.71 bits per heavy atom. The van der Waals surface area contributed by atoms with E-state index in [-0.39, 0.29) is 6.10 Å². The third-order valence-electron chi connectivity index (χ3n) is 5.67. The predicted molar refractivity (Wildman–Crippen MR) is 98.4 cm³/mol. The fourth-order valence-corrected chi connectivity index (χ4v) is 4.91. The second kappa shape index (κ2) is 6.65. The number of fused-ring (bicyclic) bond motifs is 1. The van der Waals surface area contributed by atoms with E-state index in [0.29, 0.717) is 12.0 Å². The molecule has 2 atom stereocenters. The van der Waals surface area contributed by atoms with Gasteiger partial charge in [0.2, 0.25) is 0 Å². The van der Waals surface area contributed by atoms with Gasteiger partial charge in [0.1, 0.15) is 0 Å². The first-order chi connectivity index (χ1) is 11.6. The minimum absolute atomic E-state index is 0.272. The summed E-state index contributed by atoms with van der Waals surface area (Å²) in [6.07, 6.45) is 0.272. The normalized spacial score (nSPS) is 28.3. The van der Waals surface area contributed by atoms with E-state index in [9.17, 15) is 0 Å². The Hall–Kier alpha value is -1.11. The highest BCUT2D eigenvalue weighted by molar-refractivity contribution is 7.10. The molecule has 0 radical (unpaired) electrons. The van der Waals surface area contributed by atoms with E-state index in [1.807, 2.05) is 11.3 Å². The van der Waals surface area contributed by atoms with Crippen molar-refractivity contribution >= 4 is 17.2 Å². The van der Waals surface area contributed by atoms with Crippen molar-refractivity contribution in [2.24, 2.45) is 11.1 Å². The molecule has 1 aromatic heterocycles. The van der Waals surface area contributed by atoms with Crippen molar-refractivity contribution < 1.29 is 4.84 Å². The largest absolute Gasteiger partial charge is 0.389 e. The summed E-state index contributed by atoms with van der Waals surface area (Å²) in [6.45, 7) is 14.3. The summed E-state index contributed by atoms with van der Waals surface area (Å²) in [5, 5.41) is 6.65. The summed E-state index contributed by atoms with van der Waals surface area (Å²) in [6, 6.07) is 2.81. The average Bonchev–Trinajstić information content (AvgIpc) is 3.24. The molecule has 1 aromatic rings. The smallest absolute Gasteiger partial charge is 0.152 e. The van der Waals surface area contributed by atoms with Gasteiger partial charge >= 0.3 is 0 Å². The van der Waals surface area contributed by atoms with Crippen molar-refractivity contribution in [3.8, 4) is 0 Å². The van der Waals surface area contributed by atoms with Crippen LogP contribution in [0.2, 0.25) is 0 Å². The van der Waals surface area contributed by atoms with Crippen LogP contribution in [0.1, 0.15) is 24.3 Å². The SMILES string of the molecule is Cc1ccsc1CN1CCN(C2=NO[C@@H]3CN(C(C)C)C[C@@H]23)CC1. The predicted octanol–water partition coefficient (Wildman–Crippen LogP) is 2.23. The van der Waals surface area contributed by atoms with Gasteiger partial charge in [-0.05, 0) is 37.8 Å². The molecule has 0 N–H and O–H groups in total. The summed E-state index contributed by atoms with van der Waals surface area (Å²) >= 11 is 1.88. The molecule has 4 rings (SSSR count). The summed E-state index contributed by atoms with van der Waals surface area (Å²) in [5.74, 6) is 1.67. The van der Waals surface area contributed by atoms with Crippen molar-refractivity contribution in [3.05, 3.63) is 21.9 Å². The Morgan fingerprint density at radius 2 is 2.04 bits per heavy atom. The summed E-state index contributed by atoms with van der Waals surface area (Å²) in [7, 11) is 0. The molecule has 5 nitrogen and oxygen atoms in total. The molecule has 0 unspecified atom stereocenters. The Labute approximate surface area is 148 Å². The number of hydrogen-bond donors (Lipinski definition) is 0. The third kappa shape index (κ3) is 3.07. The van der Waals surface area contributed by atoms with E-state index in [1.165, 1.54) is 16.3 Å². The van der Waals surface area contributed by atoms with Crippen molar-refractivity contribution in [1.82, 2.24) is 14.7 Å². The van der Waals surface area contributed by atoms with Gasteiger partial charge in [0.05, 0.1) is 5.92 Å². The average molecular weight is 349 g/mol. The number of rotatable bonds is 3. The Morgan fingerprint density at radius 1 is 1.25 bits per heavy atom. The van der Waals surface area contributed by atoms with E-state index in [1.54, 1.807) is 0 Å². The number of piperazine rings is 1. The highest BCUT2D eigenvalue weighted by Crippen LogP contribution is 2.30. The lowest BCUT2D eigenvalue weighted by atomic mass is 10.0. The molecule has 3 aliphatic rings. The molecular weight excluding hydrogens is 320 g/mol. The first-order valence-electron chi connectivity index (χ1n) is 9.10.